The van der Waals surface area contributed by atoms with Gasteiger partial charge in [-0.05, 0) is 25.8 Å². The highest BCUT2D eigenvalue weighted by Crippen LogP contribution is 2.22. The summed E-state index contributed by atoms with van der Waals surface area (Å²) in [5.74, 6) is 5.79. The summed E-state index contributed by atoms with van der Waals surface area (Å²) in [7, 11) is 1.93. The Bertz CT molecular complexity index is 397. The summed E-state index contributed by atoms with van der Waals surface area (Å²) in [6, 6.07) is 0.176. The van der Waals surface area contributed by atoms with Crippen LogP contribution in [0.2, 0.25) is 0 Å². The topological polar surface area (TPSA) is 68.3 Å². The molecule has 1 atom stereocenters. The molecular weight excluding hydrogens is 242 g/mol. The summed E-state index contributed by atoms with van der Waals surface area (Å²) >= 11 is 0. The van der Waals surface area contributed by atoms with Crippen LogP contribution in [0, 0.1) is 0 Å². The normalized spacial score (nSPS) is 19.6. The lowest BCUT2D eigenvalue weighted by molar-refractivity contribution is -0.0233. The number of ether oxygens (including phenoxy) is 1. The zero-order chi connectivity index (χ0) is 13.9. The molecule has 1 aliphatic rings. The number of hydrogen-bond acceptors (Lipinski definition) is 5. The molecule has 1 aromatic heterocycles. The molecular formula is C13H25N5O. The molecule has 0 amide bonds. The molecule has 1 unspecified atom stereocenters. The summed E-state index contributed by atoms with van der Waals surface area (Å²) in [6.07, 6.45) is 4.81. The molecule has 6 nitrogen and oxygen atoms in total. The number of aryl methyl sites for hydroxylation is 1. The molecule has 6 heteroatoms. The molecule has 108 valence electrons. The first kappa shape index (κ1) is 14.5. The molecule has 1 aliphatic heterocycles. The molecule has 1 fully saturated rings. The van der Waals surface area contributed by atoms with Crippen LogP contribution in [0.15, 0.2) is 12.4 Å². The van der Waals surface area contributed by atoms with Crippen LogP contribution in [-0.4, -0.2) is 52.6 Å². The molecule has 19 heavy (non-hydrogen) atoms. The maximum Gasteiger partial charge on any atom is 0.0594 e. The standard InChI is InChI=1S/C13H25N5O/c1-13(2,18-4-6-19-7-5-18)12(16-14)8-11-9-15-17(3)10-11/h9-10,12,16H,4-8,14H2,1-3H3. The van der Waals surface area contributed by atoms with Crippen molar-refractivity contribution in [3.8, 4) is 0 Å². The highest BCUT2D eigenvalue weighted by atomic mass is 16.5. The Morgan fingerprint density at radius 1 is 1.47 bits per heavy atom. The van der Waals surface area contributed by atoms with Crippen molar-refractivity contribution in [3.05, 3.63) is 18.0 Å². The predicted octanol–water partition coefficient (Wildman–Crippen LogP) is -0.0947. The van der Waals surface area contributed by atoms with Crippen molar-refractivity contribution in [2.24, 2.45) is 12.9 Å². The molecule has 0 radical (unpaired) electrons. The largest absolute Gasteiger partial charge is 0.379 e. The minimum Gasteiger partial charge on any atom is -0.379 e. The van der Waals surface area contributed by atoms with Gasteiger partial charge in [0.15, 0.2) is 0 Å². The SMILES string of the molecule is Cn1cc(CC(NN)C(C)(C)N2CCOCC2)cn1. The van der Waals surface area contributed by atoms with E-state index in [-0.39, 0.29) is 11.6 Å². The van der Waals surface area contributed by atoms with Gasteiger partial charge in [-0.2, -0.15) is 5.10 Å². The lowest BCUT2D eigenvalue weighted by Crippen LogP contribution is -2.62. The number of rotatable bonds is 5. The Hall–Kier alpha value is -0.950. The second kappa shape index (κ2) is 6.00. The van der Waals surface area contributed by atoms with Gasteiger partial charge in [-0.25, -0.2) is 0 Å². The molecule has 2 heterocycles. The van der Waals surface area contributed by atoms with Crippen molar-refractivity contribution in [1.82, 2.24) is 20.1 Å². The van der Waals surface area contributed by atoms with Gasteiger partial charge in [0, 0.05) is 37.9 Å². The number of aromatic nitrogens is 2. The van der Waals surface area contributed by atoms with Crippen LogP contribution in [0.4, 0.5) is 0 Å². The maximum absolute atomic E-state index is 5.79. The number of hydrogen-bond donors (Lipinski definition) is 2. The summed E-state index contributed by atoms with van der Waals surface area (Å²) in [5.41, 5.74) is 4.16. The Balaban J connectivity index is 2.06. The van der Waals surface area contributed by atoms with Gasteiger partial charge in [0.2, 0.25) is 0 Å². The van der Waals surface area contributed by atoms with Crippen molar-refractivity contribution in [1.29, 1.82) is 0 Å². The summed E-state index contributed by atoms with van der Waals surface area (Å²) in [6.45, 7) is 7.98. The van der Waals surface area contributed by atoms with Gasteiger partial charge >= 0.3 is 0 Å². The van der Waals surface area contributed by atoms with E-state index in [4.69, 9.17) is 10.6 Å². The number of nitrogens with zero attached hydrogens (tertiary/aromatic N) is 3. The number of nitrogens with two attached hydrogens (primary N) is 1. The first-order valence-corrected chi connectivity index (χ1v) is 6.80. The van der Waals surface area contributed by atoms with Gasteiger partial charge in [0.25, 0.3) is 0 Å². The van der Waals surface area contributed by atoms with E-state index in [0.29, 0.717) is 0 Å². The smallest absolute Gasteiger partial charge is 0.0594 e. The van der Waals surface area contributed by atoms with Crippen molar-refractivity contribution in [3.63, 3.8) is 0 Å². The Labute approximate surface area is 114 Å². The van der Waals surface area contributed by atoms with Gasteiger partial charge in [-0.1, -0.05) is 0 Å². The lowest BCUT2D eigenvalue weighted by Gasteiger charge is -2.45. The van der Waals surface area contributed by atoms with E-state index in [9.17, 15) is 0 Å². The second-order valence-electron chi connectivity index (χ2n) is 5.70. The van der Waals surface area contributed by atoms with Crippen LogP contribution in [-0.2, 0) is 18.2 Å². The molecule has 0 aliphatic carbocycles. The van der Waals surface area contributed by atoms with Crippen molar-refractivity contribution < 1.29 is 4.74 Å². The second-order valence-corrected chi connectivity index (χ2v) is 5.70. The zero-order valence-electron chi connectivity index (χ0n) is 12.1. The first-order valence-electron chi connectivity index (χ1n) is 6.80. The minimum atomic E-state index is -0.0195. The van der Waals surface area contributed by atoms with E-state index in [1.54, 1.807) is 0 Å². The average molecular weight is 267 g/mol. The van der Waals surface area contributed by atoms with Crippen molar-refractivity contribution in [2.45, 2.75) is 31.8 Å². The average Bonchev–Trinajstić information content (AvgIpc) is 2.82. The van der Waals surface area contributed by atoms with Gasteiger partial charge in [0.05, 0.1) is 19.4 Å². The molecule has 2 rings (SSSR count). The fourth-order valence-electron chi connectivity index (χ4n) is 2.69. The fourth-order valence-corrected chi connectivity index (χ4v) is 2.69. The van der Waals surface area contributed by atoms with E-state index in [1.165, 1.54) is 5.56 Å². The maximum atomic E-state index is 5.79. The number of nitrogens with one attached hydrogen (secondary N) is 1. The molecule has 0 saturated carbocycles. The quantitative estimate of drug-likeness (QED) is 0.576. The van der Waals surface area contributed by atoms with Crippen LogP contribution in [0.3, 0.4) is 0 Å². The van der Waals surface area contributed by atoms with Gasteiger partial charge < -0.3 is 4.74 Å². The Morgan fingerprint density at radius 2 is 2.16 bits per heavy atom. The van der Waals surface area contributed by atoms with Crippen molar-refractivity contribution >= 4 is 0 Å². The monoisotopic (exact) mass is 267 g/mol. The zero-order valence-corrected chi connectivity index (χ0v) is 12.1. The van der Waals surface area contributed by atoms with E-state index >= 15 is 0 Å². The van der Waals surface area contributed by atoms with E-state index < -0.39 is 0 Å². The molecule has 1 aromatic rings. The first-order chi connectivity index (χ1) is 9.04. The molecule has 0 spiro atoms. The van der Waals surface area contributed by atoms with E-state index in [1.807, 2.05) is 24.1 Å². The van der Waals surface area contributed by atoms with Crippen LogP contribution in [0.25, 0.3) is 0 Å². The van der Waals surface area contributed by atoms with Gasteiger partial charge in [0.1, 0.15) is 0 Å². The molecule has 3 N–H and O–H groups in total. The molecule has 1 saturated heterocycles. The molecule has 0 aromatic carbocycles. The van der Waals surface area contributed by atoms with Gasteiger partial charge in [-0.15, -0.1) is 0 Å². The van der Waals surface area contributed by atoms with E-state index in [2.05, 4.69) is 29.3 Å². The van der Waals surface area contributed by atoms with E-state index in [0.717, 1.165) is 32.7 Å². The van der Waals surface area contributed by atoms with Crippen LogP contribution >= 0.6 is 0 Å². The predicted molar refractivity (Wildman–Crippen MR) is 74.5 cm³/mol. The van der Waals surface area contributed by atoms with Crippen molar-refractivity contribution in [2.75, 3.05) is 26.3 Å². The third-order valence-corrected chi connectivity index (χ3v) is 4.08. The van der Waals surface area contributed by atoms with Gasteiger partial charge in [-0.3, -0.25) is 20.9 Å². The van der Waals surface area contributed by atoms with Crippen LogP contribution in [0.5, 0.6) is 0 Å². The minimum absolute atomic E-state index is 0.0195. The summed E-state index contributed by atoms with van der Waals surface area (Å²) in [4.78, 5) is 2.44. The Kier molecular flexibility index (Phi) is 4.57. The summed E-state index contributed by atoms with van der Waals surface area (Å²) < 4.78 is 7.25. The summed E-state index contributed by atoms with van der Waals surface area (Å²) in [5, 5.41) is 4.21. The highest BCUT2D eigenvalue weighted by Gasteiger charge is 2.35. The third kappa shape index (κ3) is 3.33. The number of hydrazine groups is 1. The third-order valence-electron chi connectivity index (χ3n) is 4.08. The lowest BCUT2D eigenvalue weighted by atomic mass is 9.88. The highest BCUT2D eigenvalue weighted by molar-refractivity contribution is 5.09. The molecule has 0 bridgehead atoms. The fraction of sp³-hybridized carbons (Fsp3) is 0.769. The van der Waals surface area contributed by atoms with Crippen LogP contribution in [0.1, 0.15) is 19.4 Å². The van der Waals surface area contributed by atoms with Crippen LogP contribution < -0.4 is 11.3 Å². The Morgan fingerprint density at radius 3 is 2.68 bits per heavy atom. The number of morpholine rings is 1.